The monoisotopic (exact) mass is 546 g/mol. The molecule has 3 aromatic carbocycles. The zero-order valence-corrected chi connectivity index (χ0v) is 22.3. The quantitative estimate of drug-likeness (QED) is 0.288. The normalized spacial score (nSPS) is 14.5. The number of benzene rings is 3. The zero-order chi connectivity index (χ0) is 28.6. The first-order valence-corrected chi connectivity index (χ1v) is 12.9. The number of aryl methyl sites for hydroxylation is 1. The summed E-state index contributed by atoms with van der Waals surface area (Å²) in [6.45, 7) is 5.33. The second kappa shape index (κ2) is 10.6. The van der Waals surface area contributed by atoms with Crippen molar-refractivity contribution >= 4 is 23.3 Å². The predicted octanol–water partition coefficient (Wildman–Crippen LogP) is 7.18. The average molecular weight is 547 g/mol. The number of carbonyl (C=O) groups is 2. The summed E-state index contributed by atoms with van der Waals surface area (Å²) in [6, 6.07) is 22.4. The van der Waals surface area contributed by atoms with E-state index in [0.29, 0.717) is 5.69 Å². The second-order valence-corrected chi connectivity index (χ2v) is 10.1. The molecule has 1 N–H and O–H groups in total. The number of fused-ring (bicyclic) bond motifs is 3. The van der Waals surface area contributed by atoms with Crippen molar-refractivity contribution < 1.29 is 22.8 Å². The van der Waals surface area contributed by atoms with Gasteiger partial charge in [0, 0.05) is 17.9 Å². The van der Waals surface area contributed by atoms with Crippen molar-refractivity contribution in [2.45, 2.75) is 39.0 Å². The SMILES string of the molecule is Cc1ccc(C2c3cccn3-c3ccccc3N2C(=O)CN(C(=O)Nc2ccc(C(F)(F)F)cc2)C(C)C)cc1. The van der Waals surface area contributed by atoms with Gasteiger partial charge in [0.05, 0.1) is 22.6 Å². The van der Waals surface area contributed by atoms with E-state index < -0.39 is 23.8 Å². The van der Waals surface area contributed by atoms with Crippen LogP contribution in [0.4, 0.5) is 29.3 Å². The van der Waals surface area contributed by atoms with Crippen LogP contribution in [0.15, 0.2) is 91.1 Å². The first-order chi connectivity index (χ1) is 19.0. The third kappa shape index (κ3) is 5.19. The number of urea groups is 1. The molecule has 0 aliphatic carbocycles. The summed E-state index contributed by atoms with van der Waals surface area (Å²) in [5.41, 5.74) is 3.91. The fourth-order valence-electron chi connectivity index (χ4n) is 4.97. The molecule has 4 aromatic rings. The van der Waals surface area contributed by atoms with E-state index in [9.17, 15) is 22.8 Å². The summed E-state index contributed by atoms with van der Waals surface area (Å²) in [4.78, 5) is 30.5. The second-order valence-electron chi connectivity index (χ2n) is 10.1. The number of aromatic nitrogens is 1. The maximum absolute atomic E-state index is 14.1. The Morgan fingerprint density at radius 1 is 0.900 bits per heavy atom. The largest absolute Gasteiger partial charge is 0.416 e. The van der Waals surface area contributed by atoms with Gasteiger partial charge in [0.1, 0.15) is 12.6 Å². The van der Waals surface area contributed by atoms with E-state index in [-0.39, 0.29) is 24.2 Å². The minimum atomic E-state index is -4.47. The average Bonchev–Trinajstić information content (AvgIpc) is 3.41. The molecule has 2 heterocycles. The van der Waals surface area contributed by atoms with E-state index in [1.165, 1.54) is 17.0 Å². The molecule has 0 saturated carbocycles. The van der Waals surface area contributed by atoms with Crippen LogP contribution in [0.25, 0.3) is 5.69 Å². The number of carbonyl (C=O) groups excluding carboxylic acids is 2. The van der Waals surface area contributed by atoms with Crippen molar-refractivity contribution in [3.63, 3.8) is 0 Å². The molecule has 0 radical (unpaired) electrons. The van der Waals surface area contributed by atoms with E-state index in [2.05, 4.69) is 9.88 Å². The highest BCUT2D eigenvalue weighted by Crippen LogP contribution is 2.42. The molecule has 40 heavy (non-hydrogen) atoms. The van der Waals surface area contributed by atoms with Crippen LogP contribution in [0.2, 0.25) is 0 Å². The molecule has 9 heteroatoms. The topological polar surface area (TPSA) is 57.6 Å². The van der Waals surface area contributed by atoms with Crippen molar-refractivity contribution in [3.05, 3.63) is 114 Å². The Kier molecular flexibility index (Phi) is 7.14. The van der Waals surface area contributed by atoms with Crippen molar-refractivity contribution in [2.24, 2.45) is 0 Å². The molecule has 0 spiro atoms. The lowest BCUT2D eigenvalue weighted by Gasteiger charge is -2.40. The molecule has 1 aromatic heterocycles. The van der Waals surface area contributed by atoms with Crippen molar-refractivity contribution in [1.82, 2.24) is 9.47 Å². The van der Waals surface area contributed by atoms with E-state index in [0.717, 1.165) is 34.6 Å². The number of hydrogen-bond acceptors (Lipinski definition) is 2. The third-order valence-electron chi connectivity index (χ3n) is 7.03. The maximum atomic E-state index is 14.1. The fraction of sp³-hybridized carbons (Fsp3) is 0.226. The predicted molar refractivity (Wildman–Crippen MR) is 149 cm³/mol. The number of halogens is 3. The van der Waals surface area contributed by atoms with Crippen LogP contribution in [-0.4, -0.2) is 34.0 Å². The summed E-state index contributed by atoms with van der Waals surface area (Å²) in [5, 5.41) is 2.63. The molecule has 1 aliphatic rings. The minimum Gasteiger partial charge on any atom is -0.316 e. The Bertz CT molecular complexity index is 1530. The van der Waals surface area contributed by atoms with Crippen molar-refractivity contribution in [2.75, 3.05) is 16.8 Å². The van der Waals surface area contributed by atoms with Crippen LogP contribution >= 0.6 is 0 Å². The first-order valence-electron chi connectivity index (χ1n) is 12.9. The number of nitrogens with zero attached hydrogens (tertiary/aromatic N) is 3. The van der Waals surface area contributed by atoms with Crippen LogP contribution in [0.3, 0.4) is 0 Å². The molecule has 0 fully saturated rings. The summed E-state index contributed by atoms with van der Waals surface area (Å²) >= 11 is 0. The van der Waals surface area contributed by atoms with E-state index in [1.807, 2.05) is 73.8 Å². The molecule has 5 rings (SSSR count). The van der Waals surface area contributed by atoms with Gasteiger partial charge < -0.3 is 14.8 Å². The molecular formula is C31H29F3N4O2. The molecule has 1 aliphatic heterocycles. The van der Waals surface area contributed by atoms with Crippen LogP contribution in [0.1, 0.15) is 42.3 Å². The highest BCUT2D eigenvalue weighted by Gasteiger charge is 2.37. The van der Waals surface area contributed by atoms with Crippen molar-refractivity contribution in [1.29, 1.82) is 0 Å². The van der Waals surface area contributed by atoms with Gasteiger partial charge >= 0.3 is 12.2 Å². The number of para-hydroxylation sites is 2. The molecule has 1 atom stereocenters. The number of alkyl halides is 3. The number of rotatable bonds is 5. The van der Waals surface area contributed by atoms with E-state index in [1.54, 1.807) is 18.7 Å². The molecule has 6 nitrogen and oxygen atoms in total. The Morgan fingerprint density at radius 3 is 2.17 bits per heavy atom. The lowest BCUT2D eigenvalue weighted by Crippen LogP contribution is -2.49. The number of anilines is 2. The van der Waals surface area contributed by atoms with Gasteiger partial charge in [0.25, 0.3) is 0 Å². The third-order valence-corrected chi connectivity index (χ3v) is 7.03. The van der Waals surface area contributed by atoms with E-state index >= 15 is 0 Å². The van der Waals surface area contributed by atoms with Crippen LogP contribution < -0.4 is 10.2 Å². The maximum Gasteiger partial charge on any atom is 0.416 e. The van der Waals surface area contributed by atoms with Gasteiger partial charge in [-0.2, -0.15) is 13.2 Å². The van der Waals surface area contributed by atoms with Gasteiger partial charge in [-0.3, -0.25) is 9.69 Å². The van der Waals surface area contributed by atoms with Gasteiger partial charge in [-0.25, -0.2) is 4.79 Å². The molecule has 0 saturated heterocycles. The van der Waals surface area contributed by atoms with Crippen LogP contribution in [0, 0.1) is 6.92 Å². The highest BCUT2D eigenvalue weighted by molar-refractivity contribution is 6.01. The fourth-order valence-corrected chi connectivity index (χ4v) is 4.97. The highest BCUT2D eigenvalue weighted by atomic mass is 19.4. The van der Waals surface area contributed by atoms with Crippen LogP contribution in [-0.2, 0) is 11.0 Å². The molecule has 0 bridgehead atoms. The smallest absolute Gasteiger partial charge is 0.316 e. The standard InChI is InChI=1S/C31H29F3N4O2/c1-20(2)37(30(40)35-24-16-14-23(15-17-24)31(32,33)34)19-28(39)38-26-8-5-4-7-25(26)36-18-6-9-27(36)29(38)22-12-10-21(3)11-13-22/h4-18,20,29H,19H2,1-3H3,(H,35,40). The van der Waals surface area contributed by atoms with Crippen LogP contribution in [0.5, 0.6) is 0 Å². The van der Waals surface area contributed by atoms with Gasteiger partial charge in [-0.15, -0.1) is 0 Å². The lowest BCUT2D eigenvalue weighted by atomic mass is 9.97. The van der Waals surface area contributed by atoms with Gasteiger partial charge in [0.15, 0.2) is 0 Å². The Labute approximate surface area is 230 Å². The Hall–Kier alpha value is -4.53. The molecule has 1 unspecified atom stereocenters. The van der Waals surface area contributed by atoms with E-state index in [4.69, 9.17) is 0 Å². The van der Waals surface area contributed by atoms with Gasteiger partial charge in [-0.1, -0.05) is 42.0 Å². The summed E-state index contributed by atoms with van der Waals surface area (Å²) < 4.78 is 40.9. The summed E-state index contributed by atoms with van der Waals surface area (Å²) in [5.74, 6) is -0.290. The molecule has 3 amide bonds. The zero-order valence-electron chi connectivity index (χ0n) is 22.3. The number of nitrogens with one attached hydrogen (secondary N) is 1. The first kappa shape index (κ1) is 27.1. The minimum absolute atomic E-state index is 0.203. The number of hydrogen-bond donors (Lipinski definition) is 1. The summed E-state index contributed by atoms with van der Waals surface area (Å²) in [7, 11) is 0. The van der Waals surface area contributed by atoms with Crippen molar-refractivity contribution in [3.8, 4) is 5.69 Å². The van der Waals surface area contributed by atoms with Gasteiger partial charge in [-0.05, 0) is 74.9 Å². The Morgan fingerprint density at radius 2 is 1.55 bits per heavy atom. The Balaban J connectivity index is 1.46. The van der Waals surface area contributed by atoms with Gasteiger partial charge in [0.2, 0.25) is 5.91 Å². The number of amides is 3. The summed E-state index contributed by atoms with van der Waals surface area (Å²) in [6.07, 6.45) is -2.51. The lowest BCUT2D eigenvalue weighted by molar-refractivity contribution is -0.137. The molecular weight excluding hydrogens is 517 g/mol. The molecule has 206 valence electrons.